The van der Waals surface area contributed by atoms with Gasteiger partial charge in [-0.25, -0.2) is 123 Å². The van der Waals surface area contributed by atoms with Gasteiger partial charge in [0.25, 0.3) is 0 Å². The van der Waals surface area contributed by atoms with Gasteiger partial charge in [-0.1, -0.05) is 135 Å². The molecule has 0 atom stereocenters. The van der Waals surface area contributed by atoms with Crippen molar-refractivity contribution in [3.8, 4) is 0 Å². The molecule has 0 spiro atoms. The zero-order valence-corrected chi connectivity index (χ0v) is 53.5. The Labute approximate surface area is 558 Å². The van der Waals surface area contributed by atoms with E-state index in [0.717, 1.165) is 0 Å². The molecule has 9 rings (SSSR count). The second kappa shape index (κ2) is 32.6. The number of halogens is 28. The minimum Gasteiger partial charge on any atom is -0.302 e. The smallest absolute Gasteiger partial charge is 0.198 e. The minimum atomic E-state index is -7.99. The summed E-state index contributed by atoms with van der Waals surface area (Å²) in [5.41, 5.74) is -12.8. The first-order valence-corrected chi connectivity index (χ1v) is 32.1. The second-order valence-corrected chi connectivity index (χ2v) is 24.6. The number of fused-ring (bicyclic) bond motifs is 4. The Kier molecular flexibility index (Phi) is 25.4. The van der Waals surface area contributed by atoms with Crippen molar-refractivity contribution in [3.63, 3.8) is 0 Å². The molecule has 0 bridgehead atoms. The Morgan fingerprint density at radius 1 is 0.218 bits per heavy atom. The number of hydrogen-bond donors (Lipinski definition) is 1. The highest BCUT2D eigenvalue weighted by Crippen LogP contribution is 2.41. The van der Waals surface area contributed by atoms with E-state index in [1.54, 1.807) is 10.6 Å². The summed E-state index contributed by atoms with van der Waals surface area (Å²) in [6.45, 7) is 9.54. The third-order valence-corrected chi connectivity index (χ3v) is 18.4. The van der Waals surface area contributed by atoms with Gasteiger partial charge < -0.3 is 4.90 Å². The minimum absolute atomic E-state index is 1.32. The van der Waals surface area contributed by atoms with Crippen LogP contribution in [0.4, 0.5) is 129 Å². The Bertz CT molecular complexity index is 4160. The Morgan fingerprint density at radius 2 is 0.396 bits per heavy atom. The molecule has 0 aliphatic heterocycles. The van der Waals surface area contributed by atoms with Crippen molar-refractivity contribution in [2.45, 2.75) is 149 Å². The summed E-state index contributed by atoms with van der Waals surface area (Å²) in [5.74, 6) is -102. The molecule has 0 aliphatic carbocycles. The molecule has 9 aromatic carbocycles. The van der Waals surface area contributed by atoms with Crippen LogP contribution in [0.2, 0.25) is 0 Å². The molecule has 9 aromatic rings. The van der Waals surface area contributed by atoms with Crippen molar-refractivity contribution in [1.29, 1.82) is 0 Å². The highest BCUT2D eigenvalue weighted by atomic mass is 19.2. The fourth-order valence-electron chi connectivity index (χ4n) is 13.4. The van der Waals surface area contributed by atoms with Crippen molar-refractivity contribution in [2.24, 2.45) is 0 Å². The van der Waals surface area contributed by atoms with Crippen LogP contribution in [0.1, 0.15) is 148 Å². The lowest BCUT2D eigenvalue weighted by Crippen LogP contribution is -3.07. The van der Waals surface area contributed by atoms with Crippen molar-refractivity contribution in [1.82, 2.24) is 0 Å². The maximum atomic E-state index is 17.4. The predicted octanol–water partition coefficient (Wildman–Crippen LogP) is 20.9. The third kappa shape index (κ3) is 14.0. The summed E-state index contributed by atoms with van der Waals surface area (Å²) in [6.07, 6.45) is 20.6. The van der Waals surface area contributed by atoms with Gasteiger partial charge in [-0.2, -0.15) is 0 Å². The summed E-state index contributed by atoms with van der Waals surface area (Å²) in [6, 6.07) is 9.10. The predicted molar refractivity (Wildman–Crippen MR) is 324 cm³/mol. The van der Waals surface area contributed by atoms with Gasteiger partial charge in [0.05, 0.1) is 56.2 Å². The van der Waals surface area contributed by atoms with E-state index in [9.17, 15) is 35.1 Å². The van der Waals surface area contributed by atoms with Crippen LogP contribution in [0.25, 0.3) is 43.1 Å². The molecular formula is C71H58BF28N. The molecular weight excluding hydrogens is 1410 g/mol. The van der Waals surface area contributed by atoms with E-state index in [-0.39, 0.29) is 0 Å². The van der Waals surface area contributed by atoms with Gasteiger partial charge >= 0.3 is 0 Å². The lowest BCUT2D eigenvalue weighted by molar-refractivity contribution is -0.833. The normalized spacial score (nSPS) is 12.1. The number of unbranched alkanes of at least 4 members (excludes halogenated alkanes) is 18. The van der Waals surface area contributed by atoms with Gasteiger partial charge in [0.1, 0.15) is 58.4 Å². The van der Waals surface area contributed by atoms with Crippen molar-refractivity contribution in [2.75, 3.05) is 13.1 Å². The molecule has 0 saturated carbocycles. The quantitative estimate of drug-likeness (QED) is 0.0172. The molecule has 0 unspecified atom stereocenters. The molecule has 0 saturated heterocycles. The molecule has 0 aromatic heterocycles. The van der Waals surface area contributed by atoms with Crippen LogP contribution in [-0.4, -0.2) is 19.2 Å². The molecule has 546 valence electrons. The Hall–Kier alpha value is -7.92. The number of nitrogens with one attached hydrogen (secondary N) is 1. The van der Waals surface area contributed by atoms with E-state index in [1.165, 1.54) is 147 Å². The summed E-state index contributed by atoms with van der Waals surface area (Å²) < 4.78 is 442. The third-order valence-electron chi connectivity index (χ3n) is 18.4. The first-order valence-electron chi connectivity index (χ1n) is 32.1. The number of rotatable bonds is 27. The van der Waals surface area contributed by atoms with E-state index < -0.39 is 234 Å². The summed E-state index contributed by atoms with van der Waals surface area (Å²) in [5, 5.41) is -25.0. The van der Waals surface area contributed by atoms with E-state index in [4.69, 9.17) is 0 Å². The lowest BCUT2D eigenvalue weighted by Gasteiger charge is -2.45. The van der Waals surface area contributed by atoms with Crippen LogP contribution in [0.5, 0.6) is 0 Å². The molecule has 1 nitrogen and oxygen atoms in total. The fourth-order valence-corrected chi connectivity index (χ4v) is 13.4. The van der Waals surface area contributed by atoms with E-state index in [1.807, 2.05) is 0 Å². The molecule has 0 aliphatic rings. The van der Waals surface area contributed by atoms with Crippen LogP contribution < -0.4 is 26.8 Å². The van der Waals surface area contributed by atoms with Crippen LogP contribution in [0.15, 0.2) is 24.3 Å². The van der Waals surface area contributed by atoms with E-state index in [2.05, 4.69) is 45.0 Å². The molecule has 0 radical (unpaired) electrons. The summed E-state index contributed by atoms with van der Waals surface area (Å²) in [4.78, 5) is 1.74. The van der Waals surface area contributed by atoms with Crippen LogP contribution in [0, 0.1) is 170 Å². The largest absolute Gasteiger partial charge is 0.302 e. The highest BCUT2D eigenvalue weighted by molar-refractivity contribution is 7.20. The SMILES string of the molecule is CCCCCCCCCCCC[NH+](CCCCCCCCCCCC)c1ccccc1C.Fc1c(F)c(F)c2c(F)c([B-](c3c(F)c(F)c4c(F)c(F)c(F)c(F)c4c3F)(c3c(F)c(F)c4c(F)c(F)c(F)c(F)c4c3F)c3c(F)c(F)c4c(F)c(F)c(F)c(F)c4c3F)c(F)c(F)c2c1F. The highest BCUT2D eigenvalue weighted by Gasteiger charge is 2.53. The molecule has 101 heavy (non-hydrogen) atoms. The maximum Gasteiger partial charge on any atom is 0.198 e. The van der Waals surface area contributed by atoms with Crippen LogP contribution in [-0.2, 0) is 0 Å². The Morgan fingerprint density at radius 3 is 0.604 bits per heavy atom. The van der Waals surface area contributed by atoms with Gasteiger partial charge in [-0.15, -0.1) is 21.9 Å². The average molecular weight is 1470 g/mol. The van der Waals surface area contributed by atoms with Gasteiger partial charge in [0, 0.05) is 5.56 Å². The molecule has 0 fully saturated rings. The number of quaternary nitrogens is 1. The molecule has 0 amide bonds. The first kappa shape index (κ1) is 78.8. The van der Waals surface area contributed by atoms with Gasteiger partial charge in [0.15, 0.2) is 116 Å². The van der Waals surface area contributed by atoms with Crippen molar-refractivity contribution in [3.05, 3.63) is 193 Å². The monoisotopic (exact) mass is 1470 g/mol. The molecule has 0 heterocycles. The fraction of sp³-hybridized carbons (Fsp3) is 0.352. The van der Waals surface area contributed by atoms with Crippen molar-refractivity contribution < 1.29 is 128 Å². The standard InChI is InChI=1S/C40BF28.C31H57N/c42-13-1-5(25(54)37(66)33(62)21(1)50)17(46)29(58)9(13)41(10-14(43)2-6(18(47)30(10)59)26(55)38(67)34(63)22(2)51,11-15(44)3-7(19(48)31(11)60)27(56)39(68)35(64)23(3)52)12-16(45)4-8(20(49)32(12)61)28(57)40(69)36(65)24(4)53;1-4-6-8-10-12-14-16-18-20-24-28-32(31-27-23-22-26-30(31)3)29-25-21-19-17-15-13-11-9-7-5-2/h;22-23,26-27H,4-21,24-25,28-29H2,1-3H3/q-1;/p+1. The van der Waals surface area contributed by atoms with Gasteiger partial charge in [0.2, 0.25) is 0 Å². The van der Waals surface area contributed by atoms with E-state index in [0.29, 0.717) is 0 Å². The molecule has 30 heteroatoms. The zero-order valence-electron chi connectivity index (χ0n) is 53.5. The zero-order chi connectivity index (χ0) is 74.7. The molecule has 1 N–H and O–H groups in total. The van der Waals surface area contributed by atoms with Gasteiger partial charge in [-0.05, 0) is 38.7 Å². The number of hydrogen-bond acceptors (Lipinski definition) is 0. The number of para-hydroxylation sites is 1. The Balaban J connectivity index is 0.000000341. The number of aryl methyl sites for hydroxylation is 1. The van der Waals surface area contributed by atoms with Crippen LogP contribution in [0.3, 0.4) is 0 Å². The lowest BCUT2D eigenvalue weighted by atomic mass is 9.12. The summed E-state index contributed by atoms with van der Waals surface area (Å²) in [7, 11) is 0. The maximum absolute atomic E-state index is 17.4. The van der Waals surface area contributed by atoms with E-state index >= 15 is 87.8 Å². The second-order valence-electron chi connectivity index (χ2n) is 24.6. The van der Waals surface area contributed by atoms with Crippen molar-refractivity contribution >= 4 is 76.8 Å². The number of benzene rings is 9. The van der Waals surface area contributed by atoms with Gasteiger partial charge in [-0.3, -0.25) is 0 Å². The first-order chi connectivity index (χ1) is 47.8. The average Bonchev–Trinajstić information content (AvgIpc) is 0.669. The summed E-state index contributed by atoms with van der Waals surface area (Å²) >= 11 is 0. The topological polar surface area (TPSA) is 4.44 Å². The van der Waals surface area contributed by atoms with Crippen LogP contribution >= 0.6 is 0 Å².